The van der Waals surface area contributed by atoms with E-state index in [1.54, 1.807) is 14.0 Å². The van der Waals surface area contributed by atoms with Crippen molar-refractivity contribution in [3.05, 3.63) is 22.1 Å². The van der Waals surface area contributed by atoms with Crippen LogP contribution in [0.25, 0.3) is 0 Å². The minimum Gasteiger partial charge on any atom is -0.441 e. The van der Waals surface area contributed by atoms with E-state index < -0.39 is 11.9 Å². The molecule has 0 unspecified atom stereocenters. The van der Waals surface area contributed by atoms with Crippen LogP contribution in [0.2, 0.25) is 0 Å². The number of hydrogen-bond donors (Lipinski definition) is 0. The van der Waals surface area contributed by atoms with Crippen molar-refractivity contribution in [2.24, 2.45) is 0 Å². The summed E-state index contributed by atoms with van der Waals surface area (Å²) in [4.78, 5) is 33.7. The fourth-order valence-corrected chi connectivity index (χ4v) is 1.25. The highest BCUT2D eigenvalue weighted by Gasteiger charge is 2.14. The molecule has 1 rings (SSSR count). The molecule has 18 heavy (non-hydrogen) atoms. The fourth-order valence-electron chi connectivity index (χ4n) is 1.25. The van der Waals surface area contributed by atoms with E-state index in [2.05, 4.69) is 8.83 Å². The van der Waals surface area contributed by atoms with Crippen molar-refractivity contribution in [1.82, 2.24) is 4.90 Å². The SMILES string of the molecule is Cc1oc(=O)oc1COC(=O)N(C)CCCC=O. The Balaban J connectivity index is 2.38. The zero-order valence-electron chi connectivity index (χ0n) is 10.3. The Labute approximate surface area is 103 Å². The Bertz CT molecular complexity index is 460. The molecule has 1 amide bonds. The second kappa shape index (κ2) is 6.63. The number of hydrogen-bond acceptors (Lipinski definition) is 6. The first-order chi connectivity index (χ1) is 8.54. The highest BCUT2D eigenvalue weighted by Crippen LogP contribution is 2.07. The topological polar surface area (TPSA) is 90.0 Å². The van der Waals surface area contributed by atoms with Crippen molar-refractivity contribution in [3.63, 3.8) is 0 Å². The van der Waals surface area contributed by atoms with Crippen LogP contribution in [0.1, 0.15) is 24.4 Å². The summed E-state index contributed by atoms with van der Waals surface area (Å²) in [7, 11) is 1.56. The van der Waals surface area contributed by atoms with Crippen LogP contribution in [0.15, 0.2) is 13.6 Å². The van der Waals surface area contributed by atoms with Gasteiger partial charge in [0.2, 0.25) is 0 Å². The Morgan fingerprint density at radius 1 is 1.44 bits per heavy atom. The second-order valence-electron chi connectivity index (χ2n) is 3.72. The lowest BCUT2D eigenvalue weighted by Gasteiger charge is -2.15. The zero-order chi connectivity index (χ0) is 13.5. The van der Waals surface area contributed by atoms with Crippen molar-refractivity contribution >= 4 is 12.4 Å². The Morgan fingerprint density at radius 3 is 2.72 bits per heavy atom. The van der Waals surface area contributed by atoms with Crippen LogP contribution in [0, 0.1) is 6.92 Å². The molecule has 0 radical (unpaired) electrons. The number of aldehydes is 1. The lowest BCUT2D eigenvalue weighted by Crippen LogP contribution is -2.28. The van der Waals surface area contributed by atoms with Gasteiger partial charge in [-0.25, -0.2) is 9.59 Å². The average molecular weight is 257 g/mol. The van der Waals surface area contributed by atoms with Crippen molar-refractivity contribution in [2.45, 2.75) is 26.4 Å². The van der Waals surface area contributed by atoms with Crippen LogP contribution >= 0.6 is 0 Å². The van der Waals surface area contributed by atoms with E-state index in [1.807, 2.05) is 0 Å². The van der Waals surface area contributed by atoms with Gasteiger partial charge in [-0.05, 0) is 13.3 Å². The monoisotopic (exact) mass is 257 g/mol. The molecule has 0 aromatic carbocycles. The Kier molecular flexibility index (Phi) is 5.16. The quantitative estimate of drug-likeness (QED) is 0.559. The van der Waals surface area contributed by atoms with Crippen LogP contribution in [0.5, 0.6) is 0 Å². The molecule has 0 N–H and O–H groups in total. The first-order valence-electron chi connectivity index (χ1n) is 5.45. The van der Waals surface area contributed by atoms with Gasteiger partial charge >= 0.3 is 11.9 Å². The number of carbonyl (C=O) groups is 2. The number of carbonyl (C=O) groups excluding carboxylic acids is 2. The van der Waals surface area contributed by atoms with Gasteiger partial charge in [-0.15, -0.1) is 0 Å². The van der Waals surface area contributed by atoms with Crippen LogP contribution in [-0.2, 0) is 16.1 Å². The van der Waals surface area contributed by atoms with Crippen molar-refractivity contribution < 1.29 is 23.2 Å². The third-order valence-electron chi connectivity index (χ3n) is 2.29. The maximum absolute atomic E-state index is 11.5. The predicted octanol–water partition coefficient (Wildman–Crippen LogP) is 1.09. The second-order valence-corrected chi connectivity index (χ2v) is 3.72. The molecule has 100 valence electrons. The minimum atomic E-state index is -0.821. The molecular formula is C11H15NO6. The summed E-state index contributed by atoms with van der Waals surface area (Å²) in [6, 6.07) is 0. The third-order valence-corrected chi connectivity index (χ3v) is 2.29. The molecule has 0 atom stereocenters. The normalized spacial score (nSPS) is 10.1. The van der Waals surface area contributed by atoms with E-state index in [4.69, 9.17) is 4.74 Å². The highest BCUT2D eigenvalue weighted by atomic mass is 16.6. The molecule has 0 spiro atoms. The standard InChI is InChI=1S/C11H15NO6/c1-8-9(18-11(15)17-8)7-16-10(14)12(2)5-3-4-6-13/h6H,3-5,7H2,1-2H3. The molecule has 0 saturated heterocycles. The lowest BCUT2D eigenvalue weighted by atomic mass is 10.3. The summed E-state index contributed by atoms with van der Waals surface area (Å²) in [6.45, 7) is 1.81. The van der Waals surface area contributed by atoms with E-state index in [0.29, 0.717) is 19.4 Å². The molecule has 0 aliphatic rings. The molecule has 7 nitrogen and oxygen atoms in total. The van der Waals surface area contributed by atoms with Gasteiger partial charge in [0, 0.05) is 20.0 Å². The number of aryl methyl sites for hydroxylation is 1. The first-order valence-corrected chi connectivity index (χ1v) is 5.45. The Hall–Kier alpha value is -2.05. The van der Waals surface area contributed by atoms with Crippen molar-refractivity contribution in [3.8, 4) is 0 Å². The molecule has 0 fully saturated rings. The third kappa shape index (κ3) is 4.08. The summed E-state index contributed by atoms with van der Waals surface area (Å²) in [5.74, 6) is -0.344. The van der Waals surface area contributed by atoms with E-state index in [-0.39, 0.29) is 18.1 Å². The first kappa shape index (κ1) is 14.0. The molecule has 0 aliphatic carbocycles. The number of ether oxygens (including phenoxy) is 1. The van der Waals surface area contributed by atoms with Crippen LogP contribution in [0.3, 0.4) is 0 Å². The van der Waals surface area contributed by atoms with Gasteiger partial charge in [0.15, 0.2) is 18.1 Å². The molecular weight excluding hydrogens is 242 g/mol. The van der Waals surface area contributed by atoms with Crippen LogP contribution in [0.4, 0.5) is 4.79 Å². The zero-order valence-corrected chi connectivity index (χ0v) is 10.3. The summed E-state index contributed by atoms with van der Waals surface area (Å²) in [6.07, 6.45) is 1.22. The van der Waals surface area contributed by atoms with Gasteiger partial charge in [-0.2, -0.15) is 0 Å². The number of rotatable bonds is 6. The van der Waals surface area contributed by atoms with E-state index in [9.17, 15) is 14.4 Å². The van der Waals surface area contributed by atoms with Crippen molar-refractivity contribution in [1.29, 1.82) is 0 Å². The number of unbranched alkanes of at least 4 members (excludes halogenated alkanes) is 1. The summed E-state index contributed by atoms with van der Waals surface area (Å²) in [5.41, 5.74) is 0. The maximum atomic E-state index is 11.5. The summed E-state index contributed by atoms with van der Waals surface area (Å²) in [5, 5.41) is 0. The van der Waals surface area contributed by atoms with Gasteiger partial charge in [0.05, 0.1) is 0 Å². The van der Waals surface area contributed by atoms with Gasteiger partial charge in [-0.3, -0.25) is 0 Å². The molecule has 7 heteroatoms. The molecule has 0 saturated carbocycles. The molecule has 1 aromatic rings. The van der Waals surface area contributed by atoms with Crippen LogP contribution < -0.4 is 5.82 Å². The molecule has 0 bridgehead atoms. The number of nitrogens with zero attached hydrogens (tertiary/aromatic N) is 1. The van der Waals surface area contributed by atoms with Crippen LogP contribution in [-0.4, -0.2) is 30.9 Å². The predicted molar refractivity (Wildman–Crippen MR) is 60.1 cm³/mol. The largest absolute Gasteiger partial charge is 0.519 e. The smallest absolute Gasteiger partial charge is 0.441 e. The lowest BCUT2D eigenvalue weighted by molar-refractivity contribution is -0.108. The van der Waals surface area contributed by atoms with Gasteiger partial charge in [0.1, 0.15) is 6.29 Å². The summed E-state index contributed by atoms with van der Waals surface area (Å²) >= 11 is 0. The van der Waals surface area contributed by atoms with Gasteiger partial charge in [0.25, 0.3) is 0 Å². The highest BCUT2D eigenvalue weighted by molar-refractivity contribution is 5.67. The molecule has 1 aromatic heterocycles. The van der Waals surface area contributed by atoms with E-state index >= 15 is 0 Å². The van der Waals surface area contributed by atoms with Gasteiger partial charge < -0.3 is 23.3 Å². The number of amides is 1. The fraction of sp³-hybridized carbons (Fsp3) is 0.545. The van der Waals surface area contributed by atoms with Crippen molar-refractivity contribution in [2.75, 3.05) is 13.6 Å². The molecule has 0 aliphatic heterocycles. The van der Waals surface area contributed by atoms with E-state index in [1.165, 1.54) is 4.90 Å². The Morgan fingerprint density at radius 2 is 2.17 bits per heavy atom. The maximum Gasteiger partial charge on any atom is 0.519 e. The van der Waals surface area contributed by atoms with Gasteiger partial charge in [-0.1, -0.05) is 0 Å². The minimum absolute atomic E-state index is 0.158. The van der Waals surface area contributed by atoms with E-state index in [0.717, 1.165) is 6.29 Å². The molecule has 1 heterocycles. The average Bonchev–Trinajstić information content (AvgIpc) is 2.65. The summed E-state index contributed by atoms with van der Waals surface area (Å²) < 4.78 is 14.2.